The van der Waals surface area contributed by atoms with Crippen molar-refractivity contribution in [3.63, 3.8) is 0 Å². The zero-order chi connectivity index (χ0) is 27.2. The first-order valence-corrected chi connectivity index (χ1v) is 13.7. The minimum Gasteiger partial charge on any atom is -0.495 e. The number of nitrogens with zero attached hydrogens (tertiary/aromatic N) is 1. The van der Waals surface area contributed by atoms with Crippen LogP contribution in [0.2, 0.25) is 0 Å². The predicted octanol–water partition coefficient (Wildman–Crippen LogP) is 6.00. The van der Waals surface area contributed by atoms with Gasteiger partial charge in [0.15, 0.2) is 6.10 Å². The van der Waals surface area contributed by atoms with Gasteiger partial charge in [-0.2, -0.15) is 0 Å². The molecule has 0 spiro atoms. The van der Waals surface area contributed by atoms with E-state index in [9.17, 15) is 14.7 Å². The average molecular weight is 527 g/mol. The Balaban J connectivity index is 1.55. The first-order chi connectivity index (χ1) is 18.5. The van der Waals surface area contributed by atoms with Gasteiger partial charge in [-0.25, -0.2) is 9.59 Å². The molecule has 3 rings (SSSR count). The van der Waals surface area contributed by atoms with Crippen LogP contribution in [0.25, 0.3) is 0 Å². The second-order valence-electron chi connectivity index (χ2n) is 9.74. The van der Waals surface area contributed by atoms with Gasteiger partial charge in [-0.1, -0.05) is 56.4 Å². The Morgan fingerprint density at radius 3 is 2.47 bits per heavy atom. The Bertz CT molecular complexity index is 990. The van der Waals surface area contributed by atoms with Crippen LogP contribution in [0, 0.1) is 5.92 Å². The number of carbonyl (C=O) groups excluding carboxylic acids is 1. The Kier molecular flexibility index (Phi) is 12.2. The van der Waals surface area contributed by atoms with Crippen molar-refractivity contribution in [3.05, 3.63) is 54.1 Å². The van der Waals surface area contributed by atoms with E-state index in [1.807, 2.05) is 53.4 Å². The van der Waals surface area contributed by atoms with Crippen LogP contribution in [0.3, 0.4) is 0 Å². The number of para-hydroxylation sites is 2. The number of rotatable bonds is 15. The van der Waals surface area contributed by atoms with E-state index in [0.717, 1.165) is 24.3 Å². The number of amides is 2. The highest BCUT2D eigenvalue weighted by Crippen LogP contribution is 2.28. The van der Waals surface area contributed by atoms with Crippen molar-refractivity contribution in [1.29, 1.82) is 0 Å². The molecule has 2 amide bonds. The van der Waals surface area contributed by atoms with E-state index in [1.165, 1.54) is 32.1 Å². The number of urea groups is 1. The fourth-order valence-corrected chi connectivity index (χ4v) is 4.93. The molecule has 1 saturated carbocycles. The number of benzene rings is 2. The molecule has 0 radical (unpaired) electrons. The molecule has 2 aromatic carbocycles. The number of aliphatic carboxylic acids is 1. The molecule has 2 N–H and O–H groups in total. The maximum Gasteiger partial charge on any atom is 0.333 e. The van der Waals surface area contributed by atoms with Crippen molar-refractivity contribution >= 4 is 17.7 Å². The maximum atomic E-state index is 13.2. The molecule has 1 fully saturated rings. The lowest BCUT2D eigenvalue weighted by Gasteiger charge is -2.26. The second-order valence-corrected chi connectivity index (χ2v) is 9.74. The standard InChI is InChI=1S/C30H42N2O6/c1-3-37-28(29(33)34)22-24-15-17-25(18-16-24)38-21-20-32(19-9-12-23-10-5-4-6-11-23)30(35)31-26-13-7-8-14-27(26)36-2/h7-8,13-18,23,28H,3-6,9-12,19-22H2,1-2H3,(H,31,35)(H,33,34). The van der Waals surface area contributed by atoms with Crippen LogP contribution in [0.1, 0.15) is 57.4 Å². The van der Waals surface area contributed by atoms with Gasteiger partial charge in [-0.3, -0.25) is 0 Å². The molecule has 2 aromatic rings. The Labute approximate surface area is 226 Å². The quantitative estimate of drug-likeness (QED) is 0.295. The van der Waals surface area contributed by atoms with Crippen molar-refractivity contribution in [2.24, 2.45) is 5.92 Å². The molecule has 208 valence electrons. The van der Waals surface area contributed by atoms with E-state index < -0.39 is 12.1 Å². The van der Waals surface area contributed by atoms with Gasteiger partial charge in [0.25, 0.3) is 0 Å². The van der Waals surface area contributed by atoms with Gasteiger partial charge in [0, 0.05) is 19.6 Å². The molecule has 38 heavy (non-hydrogen) atoms. The zero-order valence-corrected chi connectivity index (χ0v) is 22.7. The molecule has 0 aliphatic heterocycles. The number of carboxylic acids is 1. The number of methoxy groups -OCH3 is 1. The van der Waals surface area contributed by atoms with Crippen LogP contribution in [-0.2, 0) is 16.0 Å². The van der Waals surface area contributed by atoms with Crippen LogP contribution in [0.5, 0.6) is 11.5 Å². The lowest BCUT2D eigenvalue weighted by Crippen LogP contribution is -2.38. The van der Waals surface area contributed by atoms with Crippen molar-refractivity contribution in [1.82, 2.24) is 4.90 Å². The van der Waals surface area contributed by atoms with Gasteiger partial charge < -0.3 is 29.5 Å². The third-order valence-corrected chi connectivity index (χ3v) is 7.02. The molecule has 8 nitrogen and oxygen atoms in total. The Morgan fingerprint density at radius 2 is 1.79 bits per heavy atom. The molecule has 0 heterocycles. The van der Waals surface area contributed by atoms with Gasteiger partial charge in [0.1, 0.15) is 18.1 Å². The summed E-state index contributed by atoms with van der Waals surface area (Å²) in [5.74, 6) is 1.08. The predicted molar refractivity (Wildman–Crippen MR) is 148 cm³/mol. The maximum absolute atomic E-state index is 13.2. The van der Waals surface area contributed by atoms with Crippen molar-refractivity contribution in [2.75, 3.05) is 38.7 Å². The zero-order valence-electron chi connectivity index (χ0n) is 22.7. The summed E-state index contributed by atoms with van der Waals surface area (Å²) in [4.78, 5) is 26.4. The fraction of sp³-hybridized carbons (Fsp3) is 0.533. The second kappa shape index (κ2) is 15.9. The number of hydrogen-bond acceptors (Lipinski definition) is 5. The summed E-state index contributed by atoms with van der Waals surface area (Å²) in [5.41, 5.74) is 1.50. The molecule has 0 saturated heterocycles. The molecular weight excluding hydrogens is 484 g/mol. The topological polar surface area (TPSA) is 97.3 Å². The summed E-state index contributed by atoms with van der Waals surface area (Å²) >= 11 is 0. The molecule has 1 aliphatic rings. The van der Waals surface area contributed by atoms with Gasteiger partial charge in [-0.15, -0.1) is 0 Å². The van der Waals surface area contributed by atoms with Crippen molar-refractivity contribution < 1.29 is 28.9 Å². The minimum absolute atomic E-state index is 0.173. The van der Waals surface area contributed by atoms with Crippen LogP contribution in [-0.4, -0.2) is 61.5 Å². The van der Waals surface area contributed by atoms with Gasteiger partial charge in [0.05, 0.1) is 19.3 Å². The highest BCUT2D eigenvalue weighted by molar-refractivity contribution is 5.91. The van der Waals surface area contributed by atoms with Gasteiger partial charge in [-0.05, 0) is 55.5 Å². The average Bonchev–Trinajstić information content (AvgIpc) is 2.93. The summed E-state index contributed by atoms with van der Waals surface area (Å²) in [5, 5.41) is 12.3. The highest BCUT2D eigenvalue weighted by Gasteiger charge is 2.19. The van der Waals surface area contributed by atoms with E-state index in [2.05, 4.69) is 5.32 Å². The molecule has 0 bridgehead atoms. The number of nitrogens with one attached hydrogen (secondary N) is 1. The highest BCUT2D eigenvalue weighted by atomic mass is 16.5. The number of carbonyl (C=O) groups is 2. The summed E-state index contributed by atoms with van der Waals surface area (Å²) in [7, 11) is 1.59. The number of carboxylic acid groups (broad SMARTS) is 1. The molecule has 0 aromatic heterocycles. The SMILES string of the molecule is CCOC(Cc1ccc(OCCN(CCCC2CCCCC2)C(=O)Nc2ccccc2OC)cc1)C(=O)O. The van der Waals surface area contributed by atoms with Crippen molar-refractivity contribution in [2.45, 2.75) is 64.4 Å². The smallest absolute Gasteiger partial charge is 0.333 e. The number of hydrogen-bond donors (Lipinski definition) is 2. The molecule has 8 heteroatoms. The van der Waals surface area contributed by atoms with E-state index in [1.54, 1.807) is 14.0 Å². The normalized spacial score (nSPS) is 14.5. The minimum atomic E-state index is -0.970. The van der Waals surface area contributed by atoms with E-state index in [4.69, 9.17) is 14.2 Å². The number of ether oxygens (including phenoxy) is 3. The molecular formula is C30H42N2O6. The van der Waals surface area contributed by atoms with E-state index in [-0.39, 0.29) is 6.03 Å². The summed E-state index contributed by atoms with van der Waals surface area (Å²) < 4.78 is 16.6. The molecule has 1 aliphatic carbocycles. The van der Waals surface area contributed by atoms with Crippen molar-refractivity contribution in [3.8, 4) is 11.5 Å². The first-order valence-electron chi connectivity index (χ1n) is 13.7. The van der Waals surface area contributed by atoms with E-state index >= 15 is 0 Å². The van der Waals surface area contributed by atoms with Crippen LogP contribution >= 0.6 is 0 Å². The Morgan fingerprint density at radius 1 is 1.05 bits per heavy atom. The third-order valence-electron chi connectivity index (χ3n) is 7.02. The summed E-state index contributed by atoms with van der Waals surface area (Å²) in [6.07, 6.45) is 8.10. The Hall–Kier alpha value is -3.26. The lowest BCUT2D eigenvalue weighted by molar-refractivity contribution is -0.149. The van der Waals surface area contributed by atoms with Crippen LogP contribution < -0.4 is 14.8 Å². The van der Waals surface area contributed by atoms with Gasteiger partial charge >= 0.3 is 12.0 Å². The van der Waals surface area contributed by atoms with E-state index in [0.29, 0.717) is 49.9 Å². The number of anilines is 1. The lowest BCUT2D eigenvalue weighted by atomic mass is 9.86. The summed E-state index contributed by atoms with van der Waals surface area (Å²) in [6.45, 7) is 3.58. The first kappa shape index (κ1) is 29.3. The fourth-order valence-electron chi connectivity index (χ4n) is 4.93. The monoisotopic (exact) mass is 526 g/mol. The van der Waals surface area contributed by atoms with Crippen LogP contribution in [0.15, 0.2) is 48.5 Å². The molecule has 1 unspecified atom stereocenters. The van der Waals surface area contributed by atoms with Gasteiger partial charge in [0.2, 0.25) is 0 Å². The van der Waals surface area contributed by atoms with Crippen LogP contribution in [0.4, 0.5) is 10.5 Å². The third kappa shape index (κ3) is 9.56. The largest absolute Gasteiger partial charge is 0.495 e. The molecule has 1 atom stereocenters. The summed E-state index contributed by atoms with van der Waals surface area (Å²) in [6, 6.07) is 14.6.